The molecular formula is C21H28F2N2O2. The van der Waals surface area contributed by atoms with Crippen LogP contribution in [-0.4, -0.2) is 23.9 Å². The third kappa shape index (κ3) is 4.14. The van der Waals surface area contributed by atoms with Crippen molar-refractivity contribution in [2.75, 3.05) is 0 Å². The molecule has 1 aromatic carbocycles. The molecule has 0 unspecified atom stereocenters. The third-order valence-corrected chi connectivity index (χ3v) is 6.23. The standard InChI is InChI=1S/C21H28F2N2O2/c1-11(2)19(25-20(26)18-16(22)5-4-6-17(18)23)21(27)24-12(3)15-10-13-7-8-14(15)9-13/h4-6,11-15,19H,7-10H2,1-3H3,(H,24,27)(H,25,26)/t12-,13-,14-,15+,19-/m0/s1. The summed E-state index contributed by atoms with van der Waals surface area (Å²) < 4.78 is 27.7. The van der Waals surface area contributed by atoms with Gasteiger partial charge in [-0.3, -0.25) is 9.59 Å². The number of fused-ring (bicyclic) bond motifs is 2. The molecular weight excluding hydrogens is 350 g/mol. The number of halogens is 2. The number of benzene rings is 1. The third-order valence-electron chi connectivity index (χ3n) is 6.23. The maximum Gasteiger partial charge on any atom is 0.257 e. The summed E-state index contributed by atoms with van der Waals surface area (Å²) in [4.78, 5) is 25.2. The predicted octanol–water partition coefficient (Wildman–Crippen LogP) is 3.66. The highest BCUT2D eigenvalue weighted by atomic mass is 19.1. The van der Waals surface area contributed by atoms with E-state index in [1.807, 2.05) is 6.92 Å². The SMILES string of the molecule is CC(C)[C@H](NC(=O)c1c(F)cccc1F)C(=O)N[C@@H](C)[C@H]1C[C@H]2CC[C@H]1C2. The zero-order chi connectivity index (χ0) is 19.7. The quantitative estimate of drug-likeness (QED) is 0.794. The van der Waals surface area contributed by atoms with Crippen LogP contribution in [0, 0.1) is 35.3 Å². The van der Waals surface area contributed by atoms with Crippen molar-refractivity contribution in [3.8, 4) is 0 Å². The Labute approximate surface area is 159 Å². The van der Waals surface area contributed by atoms with E-state index in [0.29, 0.717) is 11.8 Å². The van der Waals surface area contributed by atoms with Crippen molar-refractivity contribution in [3.63, 3.8) is 0 Å². The van der Waals surface area contributed by atoms with E-state index in [1.165, 1.54) is 25.3 Å². The van der Waals surface area contributed by atoms with Crippen LogP contribution in [0.15, 0.2) is 18.2 Å². The van der Waals surface area contributed by atoms with E-state index < -0.39 is 29.1 Å². The van der Waals surface area contributed by atoms with E-state index in [9.17, 15) is 18.4 Å². The van der Waals surface area contributed by atoms with Crippen molar-refractivity contribution < 1.29 is 18.4 Å². The lowest BCUT2D eigenvalue weighted by Gasteiger charge is -2.31. The van der Waals surface area contributed by atoms with Gasteiger partial charge in [0.2, 0.25) is 5.91 Å². The number of hydrogen-bond acceptors (Lipinski definition) is 2. The van der Waals surface area contributed by atoms with Gasteiger partial charge in [0.05, 0.1) is 0 Å². The van der Waals surface area contributed by atoms with E-state index in [4.69, 9.17) is 0 Å². The molecule has 2 bridgehead atoms. The summed E-state index contributed by atoms with van der Waals surface area (Å²) in [7, 11) is 0. The monoisotopic (exact) mass is 378 g/mol. The van der Waals surface area contributed by atoms with E-state index in [2.05, 4.69) is 10.6 Å². The first kappa shape index (κ1) is 19.8. The zero-order valence-corrected chi connectivity index (χ0v) is 16.1. The Bertz CT molecular complexity index is 702. The number of amides is 2. The Morgan fingerprint density at radius 2 is 1.70 bits per heavy atom. The van der Waals surface area contributed by atoms with Gasteiger partial charge in [0.15, 0.2) is 0 Å². The molecule has 6 heteroatoms. The first-order valence-electron chi connectivity index (χ1n) is 9.83. The van der Waals surface area contributed by atoms with Crippen LogP contribution >= 0.6 is 0 Å². The van der Waals surface area contributed by atoms with Gasteiger partial charge in [0.25, 0.3) is 5.91 Å². The molecule has 0 aliphatic heterocycles. The average Bonchev–Trinajstić information content (AvgIpc) is 3.22. The Hall–Kier alpha value is -1.98. The Morgan fingerprint density at radius 1 is 1.04 bits per heavy atom. The molecule has 2 N–H and O–H groups in total. The summed E-state index contributed by atoms with van der Waals surface area (Å²) >= 11 is 0. The van der Waals surface area contributed by atoms with Crippen LogP contribution in [-0.2, 0) is 4.79 Å². The van der Waals surface area contributed by atoms with Crippen LogP contribution in [0.2, 0.25) is 0 Å². The van der Waals surface area contributed by atoms with Crippen molar-refractivity contribution in [1.82, 2.24) is 10.6 Å². The number of hydrogen-bond donors (Lipinski definition) is 2. The maximum absolute atomic E-state index is 13.9. The first-order valence-corrected chi connectivity index (χ1v) is 9.83. The fourth-order valence-electron chi connectivity index (χ4n) is 4.79. The highest BCUT2D eigenvalue weighted by molar-refractivity contribution is 5.98. The number of carbonyl (C=O) groups excluding carboxylic acids is 2. The van der Waals surface area contributed by atoms with Crippen LogP contribution in [0.25, 0.3) is 0 Å². The average molecular weight is 378 g/mol. The van der Waals surface area contributed by atoms with Gasteiger partial charge in [-0.25, -0.2) is 8.78 Å². The zero-order valence-electron chi connectivity index (χ0n) is 16.1. The number of carbonyl (C=O) groups is 2. The predicted molar refractivity (Wildman–Crippen MR) is 99.0 cm³/mol. The second-order valence-electron chi connectivity index (χ2n) is 8.43. The van der Waals surface area contributed by atoms with Crippen molar-refractivity contribution in [3.05, 3.63) is 35.4 Å². The highest BCUT2D eigenvalue weighted by Gasteiger charge is 2.42. The van der Waals surface area contributed by atoms with Crippen LogP contribution in [0.1, 0.15) is 56.8 Å². The van der Waals surface area contributed by atoms with Gasteiger partial charge in [0.1, 0.15) is 23.2 Å². The molecule has 148 valence electrons. The minimum atomic E-state index is -0.939. The molecule has 2 saturated carbocycles. The molecule has 0 heterocycles. The van der Waals surface area contributed by atoms with E-state index in [1.54, 1.807) is 13.8 Å². The van der Waals surface area contributed by atoms with Crippen molar-refractivity contribution in [2.24, 2.45) is 23.7 Å². The van der Waals surface area contributed by atoms with Crippen LogP contribution in [0.5, 0.6) is 0 Å². The second-order valence-corrected chi connectivity index (χ2v) is 8.43. The Kier molecular flexibility index (Phi) is 5.82. The fourth-order valence-corrected chi connectivity index (χ4v) is 4.79. The lowest BCUT2D eigenvalue weighted by molar-refractivity contribution is -0.125. The molecule has 2 aliphatic carbocycles. The lowest BCUT2D eigenvalue weighted by atomic mass is 9.84. The summed E-state index contributed by atoms with van der Waals surface area (Å²) in [5, 5.41) is 5.55. The molecule has 0 aromatic heterocycles. The van der Waals surface area contributed by atoms with Crippen LogP contribution in [0.4, 0.5) is 8.78 Å². The van der Waals surface area contributed by atoms with Gasteiger partial charge in [-0.15, -0.1) is 0 Å². The number of rotatable bonds is 6. The minimum Gasteiger partial charge on any atom is -0.352 e. The van der Waals surface area contributed by atoms with Gasteiger partial charge >= 0.3 is 0 Å². The molecule has 2 aliphatic rings. The molecule has 1 aromatic rings. The topological polar surface area (TPSA) is 58.2 Å². The smallest absolute Gasteiger partial charge is 0.257 e. The first-order chi connectivity index (χ1) is 12.8. The van der Waals surface area contributed by atoms with E-state index in [-0.39, 0.29) is 17.9 Å². The van der Waals surface area contributed by atoms with Crippen molar-refractivity contribution in [2.45, 2.75) is 58.5 Å². The summed E-state index contributed by atoms with van der Waals surface area (Å²) in [5.41, 5.74) is -0.655. The Morgan fingerprint density at radius 3 is 2.22 bits per heavy atom. The van der Waals surface area contributed by atoms with Crippen molar-refractivity contribution in [1.29, 1.82) is 0 Å². The van der Waals surface area contributed by atoms with E-state index in [0.717, 1.165) is 24.5 Å². The molecule has 0 saturated heterocycles. The molecule has 2 amide bonds. The summed E-state index contributed by atoms with van der Waals surface area (Å²) in [6.07, 6.45) is 4.92. The van der Waals surface area contributed by atoms with Crippen molar-refractivity contribution >= 4 is 11.8 Å². The number of nitrogens with one attached hydrogen (secondary N) is 2. The largest absolute Gasteiger partial charge is 0.352 e. The van der Waals surface area contributed by atoms with Gasteiger partial charge in [-0.1, -0.05) is 26.3 Å². The molecule has 5 atom stereocenters. The molecule has 2 fully saturated rings. The summed E-state index contributed by atoms with van der Waals surface area (Å²) in [6.45, 7) is 5.61. The molecule has 3 rings (SSSR count). The Balaban J connectivity index is 1.66. The van der Waals surface area contributed by atoms with Gasteiger partial charge in [-0.2, -0.15) is 0 Å². The van der Waals surface area contributed by atoms with Crippen LogP contribution < -0.4 is 10.6 Å². The van der Waals surface area contributed by atoms with Gasteiger partial charge in [-0.05, 0) is 62.0 Å². The van der Waals surface area contributed by atoms with Crippen LogP contribution in [0.3, 0.4) is 0 Å². The summed E-state index contributed by atoms with van der Waals surface area (Å²) in [5.74, 6) is -1.38. The molecule has 4 nitrogen and oxygen atoms in total. The van der Waals surface area contributed by atoms with Gasteiger partial charge < -0.3 is 10.6 Å². The second kappa shape index (κ2) is 7.95. The molecule has 0 radical (unpaired) electrons. The molecule has 0 spiro atoms. The maximum atomic E-state index is 13.9. The minimum absolute atomic E-state index is 0.0242. The van der Waals surface area contributed by atoms with E-state index >= 15 is 0 Å². The molecule has 27 heavy (non-hydrogen) atoms. The fraction of sp³-hybridized carbons (Fsp3) is 0.619. The lowest BCUT2D eigenvalue weighted by Crippen LogP contribution is -2.53. The highest BCUT2D eigenvalue weighted by Crippen LogP contribution is 2.49. The van der Waals surface area contributed by atoms with Gasteiger partial charge in [0, 0.05) is 6.04 Å². The normalized spacial score (nSPS) is 26.1. The summed E-state index contributed by atoms with van der Waals surface area (Å²) in [6, 6.07) is 2.43.